The SMILES string of the molecule is CCC1CCC(CNC(C)c2ccc(F)c(F)c2)CC1. The summed E-state index contributed by atoms with van der Waals surface area (Å²) in [6.45, 7) is 5.25. The third-order valence-electron chi connectivity index (χ3n) is 4.70. The van der Waals surface area contributed by atoms with Crippen molar-refractivity contribution in [3.8, 4) is 0 Å². The molecule has 1 aliphatic carbocycles. The van der Waals surface area contributed by atoms with E-state index in [1.807, 2.05) is 6.92 Å². The van der Waals surface area contributed by atoms with Gasteiger partial charge >= 0.3 is 0 Å². The summed E-state index contributed by atoms with van der Waals surface area (Å²) in [5, 5.41) is 3.46. The van der Waals surface area contributed by atoms with E-state index in [-0.39, 0.29) is 6.04 Å². The van der Waals surface area contributed by atoms with Crippen LogP contribution in [0.25, 0.3) is 0 Å². The lowest BCUT2D eigenvalue weighted by molar-refractivity contribution is 0.258. The Labute approximate surface area is 120 Å². The Morgan fingerprint density at radius 3 is 2.35 bits per heavy atom. The highest BCUT2D eigenvalue weighted by atomic mass is 19.2. The molecule has 1 aliphatic rings. The van der Waals surface area contributed by atoms with Gasteiger partial charge in [-0.05, 0) is 55.8 Å². The Hall–Kier alpha value is -0.960. The molecule has 3 heteroatoms. The fourth-order valence-electron chi connectivity index (χ4n) is 3.09. The zero-order valence-electron chi connectivity index (χ0n) is 12.5. The predicted molar refractivity (Wildman–Crippen MR) is 78.5 cm³/mol. The second-order valence-corrected chi connectivity index (χ2v) is 6.10. The smallest absolute Gasteiger partial charge is 0.159 e. The second kappa shape index (κ2) is 7.16. The Morgan fingerprint density at radius 2 is 1.75 bits per heavy atom. The van der Waals surface area contributed by atoms with E-state index in [4.69, 9.17) is 0 Å². The van der Waals surface area contributed by atoms with Gasteiger partial charge in [0.15, 0.2) is 11.6 Å². The van der Waals surface area contributed by atoms with Gasteiger partial charge in [-0.1, -0.05) is 32.3 Å². The predicted octanol–water partition coefficient (Wildman–Crippen LogP) is 4.83. The molecule has 0 amide bonds. The summed E-state index contributed by atoms with van der Waals surface area (Å²) in [6, 6.07) is 4.22. The van der Waals surface area contributed by atoms with Crippen LogP contribution in [0.4, 0.5) is 8.78 Å². The van der Waals surface area contributed by atoms with Crippen molar-refractivity contribution in [2.24, 2.45) is 11.8 Å². The lowest BCUT2D eigenvalue weighted by atomic mass is 9.81. The molecule has 2 rings (SSSR count). The molecule has 1 aromatic rings. The molecule has 1 atom stereocenters. The largest absolute Gasteiger partial charge is 0.310 e. The Morgan fingerprint density at radius 1 is 1.10 bits per heavy atom. The molecule has 112 valence electrons. The van der Waals surface area contributed by atoms with Crippen molar-refractivity contribution in [2.45, 2.75) is 52.0 Å². The monoisotopic (exact) mass is 281 g/mol. The molecule has 1 unspecified atom stereocenters. The fourth-order valence-corrected chi connectivity index (χ4v) is 3.09. The van der Waals surface area contributed by atoms with Crippen molar-refractivity contribution in [3.05, 3.63) is 35.4 Å². The number of hydrogen-bond donors (Lipinski definition) is 1. The molecule has 1 saturated carbocycles. The molecule has 1 N–H and O–H groups in total. The topological polar surface area (TPSA) is 12.0 Å². The van der Waals surface area contributed by atoms with E-state index < -0.39 is 11.6 Å². The average Bonchev–Trinajstić information content (AvgIpc) is 2.48. The van der Waals surface area contributed by atoms with E-state index in [2.05, 4.69) is 12.2 Å². The number of nitrogens with one attached hydrogen (secondary N) is 1. The van der Waals surface area contributed by atoms with E-state index in [1.54, 1.807) is 6.07 Å². The minimum absolute atomic E-state index is 0.0639. The van der Waals surface area contributed by atoms with Gasteiger partial charge in [0.1, 0.15) is 0 Å². The molecular formula is C17H25F2N. The highest BCUT2D eigenvalue weighted by Gasteiger charge is 2.20. The zero-order valence-corrected chi connectivity index (χ0v) is 12.5. The molecule has 20 heavy (non-hydrogen) atoms. The van der Waals surface area contributed by atoms with Crippen LogP contribution in [0.3, 0.4) is 0 Å². The Bertz CT molecular complexity index is 425. The third kappa shape index (κ3) is 4.02. The summed E-state index contributed by atoms with van der Waals surface area (Å²) in [4.78, 5) is 0. The summed E-state index contributed by atoms with van der Waals surface area (Å²) in [5.41, 5.74) is 0.811. The molecular weight excluding hydrogens is 256 g/mol. The van der Waals surface area contributed by atoms with Crippen LogP contribution in [0.5, 0.6) is 0 Å². The van der Waals surface area contributed by atoms with E-state index >= 15 is 0 Å². The number of benzene rings is 1. The van der Waals surface area contributed by atoms with Crippen molar-refractivity contribution >= 4 is 0 Å². The second-order valence-electron chi connectivity index (χ2n) is 6.10. The molecule has 0 heterocycles. The van der Waals surface area contributed by atoms with Crippen molar-refractivity contribution in [2.75, 3.05) is 6.54 Å². The van der Waals surface area contributed by atoms with E-state index in [1.165, 1.54) is 44.2 Å². The molecule has 0 bridgehead atoms. The van der Waals surface area contributed by atoms with E-state index in [0.717, 1.165) is 23.9 Å². The lowest BCUT2D eigenvalue weighted by Crippen LogP contribution is -2.28. The molecule has 0 aromatic heterocycles. The van der Waals surface area contributed by atoms with Gasteiger partial charge in [0.25, 0.3) is 0 Å². The summed E-state index contributed by atoms with van der Waals surface area (Å²) in [7, 11) is 0. The van der Waals surface area contributed by atoms with Crippen LogP contribution in [0, 0.1) is 23.5 Å². The van der Waals surface area contributed by atoms with E-state index in [9.17, 15) is 8.78 Å². The van der Waals surface area contributed by atoms with Crippen molar-refractivity contribution in [1.29, 1.82) is 0 Å². The normalized spacial score (nSPS) is 24.6. The number of hydrogen-bond acceptors (Lipinski definition) is 1. The molecule has 1 aromatic carbocycles. The maximum atomic E-state index is 13.2. The van der Waals surface area contributed by atoms with Crippen LogP contribution >= 0.6 is 0 Å². The first-order valence-electron chi connectivity index (χ1n) is 7.78. The Balaban J connectivity index is 1.80. The summed E-state index contributed by atoms with van der Waals surface area (Å²) in [5.74, 6) is 0.0962. The van der Waals surface area contributed by atoms with Crippen LogP contribution in [-0.4, -0.2) is 6.54 Å². The first-order valence-corrected chi connectivity index (χ1v) is 7.78. The minimum atomic E-state index is -0.779. The quantitative estimate of drug-likeness (QED) is 0.815. The van der Waals surface area contributed by atoms with Crippen LogP contribution in [0.15, 0.2) is 18.2 Å². The molecule has 0 spiro atoms. The van der Waals surface area contributed by atoms with Gasteiger partial charge in [-0.3, -0.25) is 0 Å². The Kier molecular flexibility index (Phi) is 5.53. The fraction of sp³-hybridized carbons (Fsp3) is 0.647. The molecule has 0 aliphatic heterocycles. The van der Waals surface area contributed by atoms with Crippen LogP contribution in [0.2, 0.25) is 0 Å². The highest BCUT2D eigenvalue weighted by Crippen LogP contribution is 2.30. The third-order valence-corrected chi connectivity index (χ3v) is 4.70. The lowest BCUT2D eigenvalue weighted by Gasteiger charge is -2.29. The standard InChI is InChI=1S/C17H25F2N/c1-3-13-4-6-14(7-5-13)11-20-12(2)15-8-9-16(18)17(19)10-15/h8-10,12-14,20H,3-7,11H2,1-2H3. The van der Waals surface area contributed by atoms with Gasteiger partial charge in [-0.2, -0.15) is 0 Å². The number of halogens is 2. The maximum Gasteiger partial charge on any atom is 0.159 e. The van der Waals surface area contributed by atoms with Gasteiger partial charge in [-0.15, -0.1) is 0 Å². The van der Waals surface area contributed by atoms with Gasteiger partial charge in [0.2, 0.25) is 0 Å². The van der Waals surface area contributed by atoms with Gasteiger partial charge < -0.3 is 5.32 Å². The van der Waals surface area contributed by atoms with Crippen molar-refractivity contribution < 1.29 is 8.78 Å². The zero-order chi connectivity index (χ0) is 14.5. The van der Waals surface area contributed by atoms with Crippen LogP contribution < -0.4 is 5.32 Å². The summed E-state index contributed by atoms with van der Waals surface area (Å²) >= 11 is 0. The first kappa shape index (κ1) is 15.4. The minimum Gasteiger partial charge on any atom is -0.310 e. The maximum absolute atomic E-state index is 13.2. The van der Waals surface area contributed by atoms with Crippen molar-refractivity contribution in [3.63, 3.8) is 0 Å². The van der Waals surface area contributed by atoms with Crippen molar-refractivity contribution in [1.82, 2.24) is 5.32 Å². The number of rotatable bonds is 5. The molecule has 0 saturated heterocycles. The molecule has 0 radical (unpaired) electrons. The van der Waals surface area contributed by atoms with Crippen LogP contribution in [0.1, 0.15) is 57.6 Å². The van der Waals surface area contributed by atoms with E-state index in [0.29, 0.717) is 0 Å². The van der Waals surface area contributed by atoms with Gasteiger partial charge in [-0.25, -0.2) is 8.78 Å². The summed E-state index contributed by atoms with van der Waals surface area (Å²) < 4.78 is 26.1. The van der Waals surface area contributed by atoms with Crippen LogP contribution in [-0.2, 0) is 0 Å². The molecule has 1 nitrogen and oxygen atoms in total. The molecule has 1 fully saturated rings. The first-order chi connectivity index (χ1) is 9.60. The van der Waals surface area contributed by atoms with Gasteiger partial charge in [0, 0.05) is 6.04 Å². The highest BCUT2D eigenvalue weighted by molar-refractivity contribution is 5.20. The average molecular weight is 281 g/mol. The van der Waals surface area contributed by atoms with Gasteiger partial charge in [0.05, 0.1) is 0 Å². The summed E-state index contributed by atoms with van der Waals surface area (Å²) in [6.07, 6.45) is 6.54.